The topological polar surface area (TPSA) is 56.7 Å². The Morgan fingerprint density at radius 3 is 2.65 bits per heavy atom. The van der Waals surface area contributed by atoms with Gasteiger partial charge in [-0.3, -0.25) is 9.79 Å². The van der Waals surface area contributed by atoms with Gasteiger partial charge in [-0.05, 0) is 43.2 Å². The number of guanidine groups is 1. The Kier molecular flexibility index (Phi) is 7.95. The fraction of sp³-hybridized carbons (Fsp3) is 0.619. The van der Waals surface area contributed by atoms with Crippen LogP contribution in [0.1, 0.15) is 57.6 Å². The number of nitrogens with zero attached hydrogens (tertiary/aromatic N) is 2. The number of carbonyl (C=O) groups is 1. The first kappa shape index (κ1) is 20.3. The summed E-state index contributed by atoms with van der Waals surface area (Å²) in [4.78, 5) is 18.1. The molecule has 1 saturated heterocycles. The Morgan fingerprint density at radius 1 is 1.23 bits per heavy atom. The van der Waals surface area contributed by atoms with E-state index in [0.717, 1.165) is 37.8 Å². The van der Waals surface area contributed by atoms with Gasteiger partial charge < -0.3 is 15.5 Å². The van der Waals surface area contributed by atoms with E-state index in [0.29, 0.717) is 19.0 Å². The van der Waals surface area contributed by atoms with Crippen LogP contribution in [-0.4, -0.2) is 36.4 Å². The molecule has 1 atom stereocenters. The second-order valence-corrected chi connectivity index (χ2v) is 7.68. The van der Waals surface area contributed by atoms with Crippen LogP contribution in [-0.2, 0) is 17.9 Å². The van der Waals surface area contributed by atoms with Crippen molar-refractivity contribution in [3.8, 4) is 0 Å². The average Bonchev–Trinajstić information content (AvgIpc) is 3.02. The smallest absolute Gasteiger partial charge is 0.222 e. The highest BCUT2D eigenvalue weighted by atomic mass is 16.2. The molecule has 1 unspecified atom stereocenters. The van der Waals surface area contributed by atoms with Crippen LogP contribution in [0.15, 0.2) is 29.3 Å². The van der Waals surface area contributed by atoms with E-state index in [-0.39, 0.29) is 5.91 Å². The quantitative estimate of drug-likeness (QED) is 0.554. The van der Waals surface area contributed by atoms with Crippen molar-refractivity contribution in [1.29, 1.82) is 0 Å². The first-order valence-electron chi connectivity index (χ1n) is 9.80. The van der Waals surface area contributed by atoms with Gasteiger partial charge in [-0.25, -0.2) is 0 Å². The van der Waals surface area contributed by atoms with E-state index in [1.165, 1.54) is 17.5 Å². The molecule has 1 amide bonds. The summed E-state index contributed by atoms with van der Waals surface area (Å²) < 4.78 is 0. The van der Waals surface area contributed by atoms with Crippen LogP contribution >= 0.6 is 0 Å². The summed E-state index contributed by atoms with van der Waals surface area (Å²) in [5.74, 6) is 1.83. The molecule has 0 radical (unpaired) electrons. The first-order valence-corrected chi connectivity index (χ1v) is 9.80. The first-order chi connectivity index (χ1) is 12.5. The third kappa shape index (κ3) is 6.70. The van der Waals surface area contributed by atoms with Crippen LogP contribution in [0.5, 0.6) is 0 Å². The Bertz CT molecular complexity index is 612. The summed E-state index contributed by atoms with van der Waals surface area (Å²) >= 11 is 0. The molecule has 0 saturated carbocycles. The molecule has 0 aromatic heterocycles. The molecule has 2 N–H and O–H groups in total. The third-order valence-corrected chi connectivity index (χ3v) is 4.78. The van der Waals surface area contributed by atoms with Gasteiger partial charge in [0.05, 0.1) is 0 Å². The maximum atomic E-state index is 11.8. The van der Waals surface area contributed by atoms with Crippen LogP contribution in [0.25, 0.3) is 0 Å². The fourth-order valence-electron chi connectivity index (χ4n) is 3.20. The van der Waals surface area contributed by atoms with E-state index in [1.54, 1.807) is 7.05 Å². The lowest BCUT2D eigenvalue weighted by atomic mass is 10.0. The van der Waals surface area contributed by atoms with E-state index in [1.807, 2.05) is 4.90 Å². The van der Waals surface area contributed by atoms with Crippen molar-refractivity contribution in [1.82, 2.24) is 15.5 Å². The molecular weight excluding hydrogens is 324 g/mol. The summed E-state index contributed by atoms with van der Waals surface area (Å²) in [6.45, 7) is 9.02. The standard InChI is InChI=1S/C21H34N4O/c1-16(2)10-11-17(3)24-21(22-4)23-14-18-7-5-8-19(13-18)15-25-12-6-9-20(25)26/h5,7-8,13,16-17H,6,9-12,14-15H2,1-4H3,(H2,22,23,24). The zero-order chi connectivity index (χ0) is 18.9. The summed E-state index contributed by atoms with van der Waals surface area (Å²) in [7, 11) is 1.81. The molecular formula is C21H34N4O. The number of nitrogens with one attached hydrogen (secondary N) is 2. The van der Waals surface area contributed by atoms with Gasteiger partial charge in [-0.2, -0.15) is 0 Å². The van der Waals surface area contributed by atoms with Crippen LogP contribution < -0.4 is 10.6 Å². The van der Waals surface area contributed by atoms with Crippen molar-refractivity contribution >= 4 is 11.9 Å². The van der Waals surface area contributed by atoms with Crippen molar-refractivity contribution in [2.45, 2.75) is 65.6 Å². The average molecular weight is 359 g/mol. The van der Waals surface area contributed by atoms with Gasteiger partial charge in [0.1, 0.15) is 0 Å². The molecule has 0 aliphatic carbocycles. The Morgan fingerprint density at radius 2 is 2.00 bits per heavy atom. The molecule has 144 valence electrons. The van der Waals surface area contributed by atoms with E-state index in [9.17, 15) is 4.79 Å². The van der Waals surface area contributed by atoms with Gasteiger partial charge in [0.15, 0.2) is 5.96 Å². The molecule has 1 aliphatic rings. The molecule has 1 aromatic rings. The van der Waals surface area contributed by atoms with Gasteiger partial charge in [-0.15, -0.1) is 0 Å². The largest absolute Gasteiger partial charge is 0.354 e. The summed E-state index contributed by atoms with van der Waals surface area (Å²) in [6.07, 6.45) is 4.02. The molecule has 1 aliphatic heterocycles. The fourth-order valence-corrected chi connectivity index (χ4v) is 3.20. The number of amides is 1. The molecule has 0 spiro atoms. The molecule has 5 nitrogen and oxygen atoms in total. The molecule has 5 heteroatoms. The maximum absolute atomic E-state index is 11.8. The van der Waals surface area contributed by atoms with Crippen molar-refractivity contribution < 1.29 is 4.79 Å². The van der Waals surface area contributed by atoms with E-state index >= 15 is 0 Å². The van der Waals surface area contributed by atoms with Crippen molar-refractivity contribution in [2.75, 3.05) is 13.6 Å². The van der Waals surface area contributed by atoms with Crippen LogP contribution in [0.4, 0.5) is 0 Å². The van der Waals surface area contributed by atoms with Gasteiger partial charge in [0.2, 0.25) is 5.91 Å². The van der Waals surface area contributed by atoms with Gasteiger partial charge in [-0.1, -0.05) is 38.1 Å². The second kappa shape index (κ2) is 10.2. The molecule has 0 bridgehead atoms. The lowest BCUT2D eigenvalue weighted by Crippen LogP contribution is -2.41. The number of hydrogen-bond acceptors (Lipinski definition) is 2. The number of aliphatic imine (C=N–C) groups is 1. The Hall–Kier alpha value is -2.04. The van der Waals surface area contributed by atoms with Crippen molar-refractivity contribution in [2.24, 2.45) is 10.9 Å². The van der Waals surface area contributed by atoms with Gasteiger partial charge >= 0.3 is 0 Å². The summed E-state index contributed by atoms with van der Waals surface area (Å²) in [5.41, 5.74) is 2.39. The highest BCUT2D eigenvalue weighted by molar-refractivity contribution is 5.80. The van der Waals surface area contributed by atoms with Gasteiger partial charge in [0, 0.05) is 39.1 Å². The zero-order valence-corrected chi connectivity index (χ0v) is 16.7. The van der Waals surface area contributed by atoms with Crippen LogP contribution in [0, 0.1) is 5.92 Å². The minimum Gasteiger partial charge on any atom is -0.354 e. The number of likely N-dealkylation sites (tertiary alicyclic amines) is 1. The highest BCUT2D eigenvalue weighted by Gasteiger charge is 2.19. The van der Waals surface area contributed by atoms with Crippen LogP contribution in [0.2, 0.25) is 0 Å². The summed E-state index contributed by atoms with van der Waals surface area (Å²) in [6, 6.07) is 8.84. The summed E-state index contributed by atoms with van der Waals surface area (Å²) in [5, 5.41) is 6.85. The van der Waals surface area contributed by atoms with E-state index in [2.05, 4.69) is 60.7 Å². The monoisotopic (exact) mass is 358 g/mol. The lowest BCUT2D eigenvalue weighted by Gasteiger charge is -2.19. The van der Waals surface area contributed by atoms with Gasteiger partial charge in [0.25, 0.3) is 0 Å². The minimum atomic E-state index is 0.272. The number of carbonyl (C=O) groups excluding carboxylic acids is 1. The molecule has 2 rings (SSSR count). The molecule has 1 fully saturated rings. The number of benzene rings is 1. The lowest BCUT2D eigenvalue weighted by molar-refractivity contribution is -0.128. The van der Waals surface area contributed by atoms with E-state index in [4.69, 9.17) is 0 Å². The minimum absolute atomic E-state index is 0.272. The molecule has 1 heterocycles. The molecule has 26 heavy (non-hydrogen) atoms. The highest BCUT2D eigenvalue weighted by Crippen LogP contribution is 2.15. The normalized spacial score (nSPS) is 16.3. The third-order valence-electron chi connectivity index (χ3n) is 4.78. The van der Waals surface area contributed by atoms with Crippen molar-refractivity contribution in [3.63, 3.8) is 0 Å². The van der Waals surface area contributed by atoms with Crippen LogP contribution in [0.3, 0.4) is 0 Å². The Labute approximate surface area is 158 Å². The molecule has 1 aromatic carbocycles. The number of rotatable bonds is 8. The predicted octanol–water partition coefficient (Wildman–Crippen LogP) is 3.30. The zero-order valence-electron chi connectivity index (χ0n) is 16.7. The van der Waals surface area contributed by atoms with Crippen molar-refractivity contribution in [3.05, 3.63) is 35.4 Å². The number of hydrogen-bond donors (Lipinski definition) is 2. The predicted molar refractivity (Wildman–Crippen MR) is 108 cm³/mol. The van der Waals surface area contributed by atoms with E-state index < -0.39 is 0 Å². The SMILES string of the molecule is CN=C(NCc1cccc(CN2CCCC2=O)c1)NC(C)CCC(C)C. The Balaban J connectivity index is 1.83. The second-order valence-electron chi connectivity index (χ2n) is 7.68. The maximum Gasteiger partial charge on any atom is 0.222 e.